The molecule has 0 spiro atoms. The van der Waals surface area contributed by atoms with Crippen LogP contribution in [0.3, 0.4) is 0 Å². The van der Waals surface area contributed by atoms with E-state index in [9.17, 15) is 4.79 Å². The SMILES string of the molecule is O=C(Nc1cccc(-c2nccs2)c1)N[C@H]1CCCSC1. The Morgan fingerprint density at radius 2 is 2.33 bits per heavy atom. The van der Waals surface area contributed by atoms with Gasteiger partial charge in [-0.25, -0.2) is 9.78 Å². The molecule has 110 valence electrons. The minimum absolute atomic E-state index is 0.126. The average molecular weight is 319 g/mol. The molecule has 6 heteroatoms. The number of thiazole rings is 1. The Kier molecular flexibility index (Phi) is 4.77. The molecule has 21 heavy (non-hydrogen) atoms. The molecule has 0 radical (unpaired) electrons. The van der Waals surface area contributed by atoms with Gasteiger partial charge >= 0.3 is 6.03 Å². The Balaban J connectivity index is 1.62. The fourth-order valence-corrected chi connectivity index (χ4v) is 4.01. The van der Waals surface area contributed by atoms with Gasteiger partial charge in [-0.3, -0.25) is 0 Å². The van der Waals surface area contributed by atoms with Crippen LogP contribution in [0.4, 0.5) is 10.5 Å². The first-order valence-corrected chi connectivity index (χ1v) is 9.00. The van der Waals surface area contributed by atoms with Crippen LogP contribution >= 0.6 is 23.1 Å². The van der Waals surface area contributed by atoms with Crippen LogP contribution in [0.2, 0.25) is 0 Å². The zero-order valence-corrected chi connectivity index (χ0v) is 13.2. The van der Waals surface area contributed by atoms with Crippen LogP contribution in [0.25, 0.3) is 10.6 Å². The summed E-state index contributed by atoms with van der Waals surface area (Å²) in [4.78, 5) is 16.3. The van der Waals surface area contributed by atoms with Crippen LogP contribution in [0.5, 0.6) is 0 Å². The summed E-state index contributed by atoms with van der Waals surface area (Å²) in [5.41, 5.74) is 1.82. The second kappa shape index (κ2) is 6.95. The summed E-state index contributed by atoms with van der Waals surface area (Å²) in [5.74, 6) is 2.21. The highest BCUT2D eigenvalue weighted by Gasteiger charge is 2.16. The minimum atomic E-state index is -0.126. The van der Waals surface area contributed by atoms with Gasteiger partial charge in [0, 0.05) is 34.6 Å². The van der Waals surface area contributed by atoms with Crippen LogP contribution in [0.15, 0.2) is 35.8 Å². The standard InChI is InChI=1S/C15H17N3OS2/c19-15(18-13-5-2-7-20-10-13)17-12-4-1-3-11(9-12)14-16-6-8-21-14/h1,3-4,6,8-9,13H,2,5,7,10H2,(H2,17,18,19)/t13-/m0/s1. The molecule has 2 N–H and O–H groups in total. The molecule has 1 aliphatic rings. The van der Waals surface area contributed by atoms with Crippen molar-refractivity contribution in [1.82, 2.24) is 10.3 Å². The van der Waals surface area contributed by atoms with Crippen molar-refractivity contribution in [3.8, 4) is 10.6 Å². The number of amides is 2. The van der Waals surface area contributed by atoms with Crippen molar-refractivity contribution in [2.45, 2.75) is 18.9 Å². The molecule has 1 aromatic heterocycles. The van der Waals surface area contributed by atoms with Gasteiger partial charge in [-0.1, -0.05) is 12.1 Å². The predicted molar refractivity (Wildman–Crippen MR) is 90.1 cm³/mol. The highest BCUT2D eigenvalue weighted by atomic mass is 32.2. The van der Waals surface area contributed by atoms with Gasteiger partial charge in [-0.15, -0.1) is 11.3 Å². The molecule has 1 atom stereocenters. The summed E-state index contributed by atoms with van der Waals surface area (Å²) in [7, 11) is 0. The Morgan fingerprint density at radius 1 is 1.38 bits per heavy atom. The molecule has 2 aromatic rings. The quantitative estimate of drug-likeness (QED) is 0.904. The molecule has 1 aromatic carbocycles. The van der Waals surface area contributed by atoms with Gasteiger partial charge in [0.2, 0.25) is 0 Å². The lowest BCUT2D eigenvalue weighted by atomic mass is 10.2. The number of benzene rings is 1. The van der Waals surface area contributed by atoms with Crippen molar-refractivity contribution in [2.75, 3.05) is 16.8 Å². The van der Waals surface area contributed by atoms with Gasteiger partial charge in [0.1, 0.15) is 5.01 Å². The first kappa shape index (κ1) is 14.4. The maximum Gasteiger partial charge on any atom is 0.319 e. The Morgan fingerprint density at radius 3 is 3.10 bits per heavy atom. The van der Waals surface area contributed by atoms with Crippen molar-refractivity contribution in [3.63, 3.8) is 0 Å². The van der Waals surface area contributed by atoms with Crippen LogP contribution in [0.1, 0.15) is 12.8 Å². The lowest BCUT2D eigenvalue weighted by Crippen LogP contribution is -2.40. The highest BCUT2D eigenvalue weighted by Crippen LogP contribution is 2.24. The number of thioether (sulfide) groups is 1. The molecule has 1 aliphatic heterocycles. The van der Waals surface area contributed by atoms with E-state index in [1.165, 1.54) is 12.2 Å². The van der Waals surface area contributed by atoms with Crippen LogP contribution in [-0.2, 0) is 0 Å². The predicted octanol–water partition coefficient (Wildman–Crippen LogP) is 3.83. The maximum absolute atomic E-state index is 12.0. The van der Waals surface area contributed by atoms with Crippen molar-refractivity contribution >= 4 is 34.8 Å². The summed E-state index contributed by atoms with van der Waals surface area (Å²) in [6.07, 6.45) is 4.03. The van der Waals surface area contributed by atoms with Crippen LogP contribution < -0.4 is 10.6 Å². The summed E-state index contributed by atoms with van der Waals surface area (Å²) in [6, 6.07) is 7.94. The molecule has 2 heterocycles. The summed E-state index contributed by atoms with van der Waals surface area (Å²) in [5, 5.41) is 8.85. The number of urea groups is 1. The number of nitrogens with zero attached hydrogens (tertiary/aromatic N) is 1. The molecule has 2 amide bonds. The lowest BCUT2D eigenvalue weighted by molar-refractivity contribution is 0.248. The van der Waals surface area contributed by atoms with E-state index in [0.717, 1.165) is 28.4 Å². The van der Waals surface area contributed by atoms with Crippen molar-refractivity contribution in [1.29, 1.82) is 0 Å². The number of nitrogens with one attached hydrogen (secondary N) is 2. The van der Waals surface area contributed by atoms with E-state index in [4.69, 9.17) is 0 Å². The number of carbonyl (C=O) groups is 1. The van der Waals surface area contributed by atoms with E-state index < -0.39 is 0 Å². The molecular formula is C15H17N3OS2. The molecule has 0 aliphatic carbocycles. The second-order valence-corrected chi connectivity index (χ2v) is 6.97. The molecule has 0 unspecified atom stereocenters. The van der Waals surface area contributed by atoms with E-state index in [0.29, 0.717) is 0 Å². The van der Waals surface area contributed by atoms with Crippen molar-refractivity contribution in [3.05, 3.63) is 35.8 Å². The number of carbonyl (C=O) groups excluding carboxylic acids is 1. The van der Waals surface area contributed by atoms with E-state index >= 15 is 0 Å². The van der Waals surface area contributed by atoms with E-state index in [1.54, 1.807) is 17.5 Å². The van der Waals surface area contributed by atoms with E-state index in [-0.39, 0.29) is 12.1 Å². The molecule has 4 nitrogen and oxygen atoms in total. The van der Waals surface area contributed by atoms with Crippen LogP contribution in [-0.4, -0.2) is 28.6 Å². The molecule has 1 fully saturated rings. The number of rotatable bonds is 3. The minimum Gasteiger partial charge on any atom is -0.334 e. The fraction of sp³-hybridized carbons (Fsp3) is 0.333. The molecule has 0 bridgehead atoms. The number of hydrogen-bond acceptors (Lipinski definition) is 4. The fourth-order valence-electron chi connectivity index (χ4n) is 2.30. The number of aromatic nitrogens is 1. The molecule has 0 saturated carbocycles. The summed E-state index contributed by atoms with van der Waals surface area (Å²) >= 11 is 3.49. The molecular weight excluding hydrogens is 302 g/mol. The normalized spacial score (nSPS) is 18.2. The smallest absolute Gasteiger partial charge is 0.319 e. The Bertz CT molecular complexity index is 595. The van der Waals surface area contributed by atoms with Gasteiger partial charge in [-0.05, 0) is 30.7 Å². The monoisotopic (exact) mass is 319 g/mol. The third-order valence-corrected chi connectivity index (χ3v) is 5.33. The average Bonchev–Trinajstić information content (AvgIpc) is 3.02. The van der Waals surface area contributed by atoms with Gasteiger partial charge in [0.05, 0.1) is 0 Å². The lowest BCUT2D eigenvalue weighted by Gasteiger charge is -2.22. The molecule has 3 rings (SSSR count). The molecule has 1 saturated heterocycles. The first-order valence-electron chi connectivity index (χ1n) is 6.96. The van der Waals surface area contributed by atoms with Gasteiger partial charge in [0.25, 0.3) is 0 Å². The highest BCUT2D eigenvalue weighted by molar-refractivity contribution is 7.99. The van der Waals surface area contributed by atoms with Gasteiger partial charge < -0.3 is 10.6 Å². The maximum atomic E-state index is 12.0. The Hall–Kier alpha value is -1.53. The third-order valence-electron chi connectivity index (χ3n) is 3.30. The third kappa shape index (κ3) is 3.98. The van der Waals surface area contributed by atoms with Gasteiger partial charge in [-0.2, -0.15) is 11.8 Å². The van der Waals surface area contributed by atoms with E-state index in [2.05, 4.69) is 15.6 Å². The number of hydrogen-bond donors (Lipinski definition) is 2. The van der Waals surface area contributed by atoms with Gasteiger partial charge in [0.15, 0.2) is 0 Å². The summed E-state index contributed by atoms with van der Waals surface area (Å²) in [6.45, 7) is 0. The van der Waals surface area contributed by atoms with Crippen molar-refractivity contribution in [2.24, 2.45) is 0 Å². The van der Waals surface area contributed by atoms with Crippen LogP contribution in [0, 0.1) is 0 Å². The zero-order chi connectivity index (χ0) is 14.5. The second-order valence-electron chi connectivity index (χ2n) is 4.93. The Labute approximate surface area is 132 Å². The zero-order valence-electron chi connectivity index (χ0n) is 11.5. The largest absolute Gasteiger partial charge is 0.334 e. The van der Waals surface area contributed by atoms with Crippen molar-refractivity contribution < 1.29 is 4.79 Å². The summed E-state index contributed by atoms with van der Waals surface area (Å²) < 4.78 is 0. The topological polar surface area (TPSA) is 54.0 Å². The first-order chi connectivity index (χ1) is 10.3. The van der Waals surface area contributed by atoms with E-state index in [1.807, 2.05) is 41.4 Å². The number of anilines is 1.